The summed E-state index contributed by atoms with van der Waals surface area (Å²) < 4.78 is 0. The van der Waals surface area contributed by atoms with E-state index in [1.165, 1.54) is 12.8 Å². The molecule has 122 valence electrons. The lowest BCUT2D eigenvalue weighted by Crippen LogP contribution is -2.41. The Balaban J connectivity index is 1.90. The summed E-state index contributed by atoms with van der Waals surface area (Å²) >= 11 is 0. The van der Waals surface area contributed by atoms with Crippen LogP contribution in [0, 0.1) is 0 Å². The first-order valence-corrected chi connectivity index (χ1v) is 7.92. The van der Waals surface area contributed by atoms with E-state index in [0.29, 0.717) is 6.54 Å². The predicted octanol–water partition coefficient (Wildman–Crippen LogP) is 2.97. The third-order valence-corrected chi connectivity index (χ3v) is 4.59. The first-order valence-electron chi connectivity index (χ1n) is 7.92. The Morgan fingerprint density at radius 3 is 2.32 bits per heavy atom. The molecule has 22 heavy (non-hydrogen) atoms. The fourth-order valence-electron chi connectivity index (χ4n) is 3.07. The van der Waals surface area contributed by atoms with Gasteiger partial charge in [0.05, 0.1) is 12.1 Å². The van der Waals surface area contributed by atoms with E-state index in [0.717, 1.165) is 24.0 Å². The molecule has 5 nitrogen and oxygen atoms in total. The fraction of sp³-hybridized carbons (Fsp3) is 0.588. The first-order chi connectivity index (χ1) is 10.4. The molecule has 1 aliphatic carbocycles. The van der Waals surface area contributed by atoms with Gasteiger partial charge in [-0.25, -0.2) is 4.79 Å². The average Bonchev–Trinajstić information content (AvgIpc) is 2.91. The Labute approximate surface area is 131 Å². The van der Waals surface area contributed by atoms with Crippen LogP contribution in [0.5, 0.6) is 0 Å². The summed E-state index contributed by atoms with van der Waals surface area (Å²) in [5.41, 5.74) is 1.88. The average molecular weight is 306 g/mol. The second-order valence-corrected chi connectivity index (χ2v) is 6.50. The molecular weight excluding hydrogens is 280 g/mol. The molecule has 2 rings (SSSR count). The Hall–Kier alpha value is -1.59. The van der Waals surface area contributed by atoms with Crippen molar-refractivity contribution in [1.82, 2.24) is 10.6 Å². The molecule has 0 saturated heterocycles. The number of amides is 1. The molecule has 0 unspecified atom stereocenters. The Morgan fingerprint density at radius 2 is 1.77 bits per heavy atom. The smallest absolute Gasteiger partial charge is 0.405 e. The molecule has 5 heteroatoms. The SMILES string of the molecule is C[C@H](NC(=O)O)c1ccc([C@H](O)CNC2(C)CCCC2)cc1. The Kier molecular flexibility index (Phi) is 5.42. The summed E-state index contributed by atoms with van der Waals surface area (Å²) in [4.78, 5) is 10.6. The second-order valence-electron chi connectivity index (χ2n) is 6.50. The quantitative estimate of drug-likeness (QED) is 0.651. The van der Waals surface area contributed by atoms with Gasteiger partial charge >= 0.3 is 6.09 Å². The van der Waals surface area contributed by atoms with E-state index < -0.39 is 12.2 Å². The van der Waals surface area contributed by atoms with Gasteiger partial charge in [0.15, 0.2) is 0 Å². The van der Waals surface area contributed by atoms with Crippen LogP contribution in [0.1, 0.15) is 62.8 Å². The number of aliphatic hydroxyl groups excluding tert-OH is 1. The number of carbonyl (C=O) groups is 1. The highest BCUT2D eigenvalue weighted by atomic mass is 16.4. The number of carboxylic acid groups (broad SMARTS) is 1. The van der Waals surface area contributed by atoms with Crippen molar-refractivity contribution < 1.29 is 15.0 Å². The summed E-state index contributed by atoms with van der Waals surface area (Å²) in [6.45, 7) is 4.55. The number of nitrogens with one attached hydrogen (secondary N) is 2. The molecule has 0 aliphatic heterocycles. The van der Waals surface area contributed by atoms with Gasteiger partial charge in [-0.15, -0.1) is 0 Å². The van der Waals surface area contributed by atoms with E-state index in [2.05, 4.69) is 17.6 Å². The van der Waals surface area contributed by atoms with Crippen LogP contribution in [-0.2, 0) is 0 Å². The molecule has 0 radical (unpaired) electrons. The van der Waals surface area contributed by atoms with Crippen molar-refractivity contribution >= 4 is 6.09 Å². The molecule has 0 spiro atoms. The summed E-state index contributed by atoms with van der Waals surface area (Å²) in [6, 6.07) is 7.17. The van der Waals surface area contributed by atoms with Crippen LogP contribution < -0.4 is 10.6 Å². The normalized spacial score (nSPS) is 19.6. The van der Waals surface area contributed by atoms with Gasteiger partial charge < -0.3 is 20.8 Å². The lowest BCUT2D eigenvalue weighted by molar-refractivity contribution is 0.159. The maximum atomic E-state index is 10.6. The number of hydrogen-bond acceptors (Lipinski definition) is 3. The molecule has 1 fully saturated rings. The summed E-state index contributed by atoms with van der Waals surface area (Å²) in [5, 5.41) is 24.9. The van der Waals surface area contributed by atoms with Gasteiger partial charge in [-0.1, -0.05) is 37.1 Å². The zero-order valence-electron chi connectivity index (χ0n) is 13.3. The molecule has 0 bridgehead atoms. The number of β-amino-alcohol motifs (C(OH)–C–C–N with tert-alkyl or cyclic N) is 1. The molecule has 1 aliphatic rings. The molecule has 4 N–H and O–H groups in total. The van der Waals surface area contributed by atoms with Gasteiger partial charge in [0.2, 0.25) is 0 Å². The van der Waals surface area contributed by atoms with Crippen molar-refractivity contribution in [1.29, 1.82) is 0 Å². The topological polar surface area (TPSA) is 81.6 Å². The number of rotatable bonds is 6. The van der Waals surface area contributed by atoms with E-state index in [9.17, 15) is 9.90 Å². The highest BCUT2D eigenvalue weighted by Crippen LogP contribution is 2.29. The maximum absolute atomic E-state index is 10.6. The van der Waals surface area contributed by atoms with Gasteiger partial charge in [-0.3, -0.25) is 0 Å². The van der Waals surface area contributed by atoms with Crippen molar-refractivity contribution in [3.63, 3.8) is 0 Å². The van der Waals surface area contributed by atoms with Crippen molar-refractivity contribution in [3.8, 4) is 0 Å². The minimum absolute atomic E-state index is 0.154. The largest absolute Gasteiger partial charge is 0.465 e. The monoisotopic (exact) mass is 306 g/mol. The van der Waals surface area contributed by atoms with Crippen molar-refractivity contribution in [2.24, 2.45) is 0 Å². The number of hydrogen-bond donors (Lipinski definition) is 4. The third-order valence-electron chi connectivity index (χ3n) is 4.59. The van der Waals surface area contributed by atoms with Crippen LogP contribution >= 0.6 is 0 Å². The lowest BCUT2D eigenvalue weighted by atomic mass is 9.99. The molecular formula is C17H26N2O3. The summed E-state index contributed by atoms with van der Waals surface area (Å²) in [6.07, 6.45) is 3.25. The zero-order valence-corrected chi connectivity index (χ0v) is 13.3. The molecule has 0 heterocycles. The van der Waals surface area contributed by atoms with Crippen LogP contribution in [-0.4, -0.2) is 28.4 Å². The molecule has 1 saturated carbocycles. The van der Waals surface area contributed by atoms with Crippen LogP contribution in [0.2, 0.25) is 0 Å². The van der Waals surface area contributed by atoms with Gasteiger partial charge in [-0.2, -0.15) is 0 Å². The van der Waals surface area contributed by atoms with Gasteiger partial charge in [0.25, 0.3) is 0 Å². The minimum Gasteiger partial charge on any atom is -0.465 e. The van der Waals surface area contributed by atoms with E-state index in [4.69, 9.17) is 5.11 Å². The highest BCUT2D eigenvalue weighted by molar-refractivity contribution is 5.65. The maximum Gasteiger partial charge on any atom is 0.405 e. The Bertz CT molecular complexity index is 495. The van der Waals surface area contributed by atoms with Gasteiger partial charge in [0.1, 0.15) is 0 Å². The van der Waals surface area contributed by atoms with Crippen molar-refractivity contribution in [2.45, 2.75) is 57.2 Å². The molecule has 1 aromatic rings. The predicted molar refractivity (Wildman–Crippen MR) is 85.9 cm³/mol. The molecule has 1 amide bonds. The highest BCUT2D eigenvalue weighted by Gasteiger charge is 2.28. The van der Waals surface area contributed by atoms with Gasteiger partial charge in [-0.05, 0) is 37.8 Å². The van der Waals surface area contributed by atoms with Crippen molar-refractivity contribution in [3.05, 3.63) is 35.4 Å². The van der Waals surface area contributed by atoms with E-state index in [1.54, 1.807) is 6.92 Å². The number of aliphatic hydroxyl groups is 1. The van der Waals surface area contributed by atoms with E-state index in [-0.39, 0.29) is 11.6 Å². The first kappa shape index (κ1) is 16.8. The Morgan fingerprint density at radius 1 is 1.23 bits per heavy atom. The summed E-state index contributed by atoms with van der Waals surface area (Å²) in [5.74, 6) is 0. The third kappa shape index (κ3) is 4.45. The lowest BCUT2D eigenvalue weighted by Gasteiger charge is -2.27. The van der Waals surface area contributed by atoms with Crippen molar-refractivity contribution in [2.75, 3.05) is 6.54 Å². The fourth-order valence-corrected chi connectivity index (χ4v) is 3.07. The van der Waals surface area contributed by atoms with Crippen LogP contribution in [0.3, 0.4) is 0 Å². The van der Waals surface area contributed by atoms with Crippen LogP contribution in [0.15, 0.2) is 24.3 Å². The molecule has 1 aromatic carbocycles. The summed E-state index contributed by atoms with van der Waals surface area (Å²) in [7, 11) is 0. The zero-order chi connectivity index (χ0) is 16.2. The molecule has 0 aromatic heterocycles. The van der Waals surface area contributed by atoms with E-state index in [1.807, 2.05) is 24.3 Å². The van der Waals surface area contributed by atoms with Gasteiger partial charge in [0, 0.05) is 12.1 Å². The molecule has 2 atom stereocenters. The second kappa shape index (κ2) is 7.11. The van der Waals surface area contributed by atoms with Crippen LogP contribution in [0.4, 0.5) is 4.79 Å². The number of benzene rings is 1. The standard InChI is InChI=1S/C17H26N2O3/c1-12(19-16(21)22)13-5-7-14(8-6-13)15(20)11-18-17(2)9-3-4-10-17/h5-8,12,15,18-20H,3-4,9-11H2,1-2H3,(H,21,22)/t12-,15+/m0/s1. The van der Waals surface area contributed by atoms with Crippen LogP contribution in [0.25, 0.3) is 0 Å². The minimum atomic E-state index is -1.04. The van der Waals surface area contributed by atoms with E-state index >= 15 is 0 Å².